The fraction of sp³-hybridized carbons (Fsp3) is 0.583. The Hall–Kier alpha value is -1.85. The van der Waals surface area contributed by atoms with Crippen LogP contribution in [0.2, 0.25) is 0 Å². The van der Waals surface area contributed by atoms with Gasteiger partial charge in [0.05, 0.1) is 6.20 Å². The van der Waals surface area contributed by atoms with Crippen molar-refractivity contribution >= 4 is 11.9 Å². The largest absolute Gasteiger partial charge is 0.480 e. The van der Waals surface area contributed by atoms with Gasteiger partial charge in [0.1, 0.15) is 6.04 Å². The van der Waals surface area contributed by atoms with Gasteiger partial charge in [-0.1, -0.05) is 24.4 Å². The van der Waals surface area contributed by atoms with E-state index in [1.807, 2.05) is 0 Å². The number of aromatic nitrogens is 1. The molecular formula is C12H16N2O4. The van der Waals surface area contributed by atoms with E-state index in [4.69, 9.17) is 4.52 Å². The lowest BCUT2D eigenvalue weighted by molar-refractivity contribution is -0.141. The molecule has 1 aliphatic rings. The van der Waals surface area contributed by atoms with Crippen LogP contribution < -0.4 is 5.32 Å². The molecule has 2 rings (SSSR count). The predicted octanol–water partition coefficient (Wildman–Crippen LogP) is 1.44. The van der Waals surface area contributed by atoms with E-state index < -0.39 is 17.9 Å². The molecule has 0 aromatic carbocycles. The lowest BCUT2D eigenvalue weighted by Crippen LogP contribution is -2.46. The van der Waals surface area contributed by atoms with Crippen LogP contribution in [0.3, 0.4) is 0 Å². The highest BCUT2D eigenvalue weighted by atomic mass is 16.5. The van der Waals surface area contributed by atoms with Gasteiger partial charge in [-0.2, -0.15) is 0 Å². The highest BCUT2D eigenvalue weighted by Gasteiger charge is 2.31. The Balaban J connectivity index is 2.02. The second-order valence-corrected chi connectivity index (χ2v) is 4.56. The summed E-state index contributed by atoms with van der Waals surface area (Å²) in [5.41, 5.74) is 0. The average Bonchev–Trinajstić information content (AvgIpc) is 2.90. The Labute approximate surface area is 104 Å². The molecule has 1 aliphatic carbocycles. The number of carboxylic acid groups (broad SMARTS) is 1. The van der Waals surface area contributed by atoms with Crippen molar-refractivity contribution in [3.8, 4) is 0 Å². The zero-order valence-corrected chi connectivity index (χ0v) is 9.96. The van der Waals surface area contributed by atoms with Gasteiger partial charge in [-0.15, -0.1) is 0 Å². The van der Waals surface area contributed by atoms with Gasteiger partial charge >= 0.3 is 5.97 Å². The third-order valence-electron chi connectivity index (χ3n) is 3.34. The van der Waals surface area contributed by atoms with Crippen molar-refractivity contribution in [1.82, 2.24) is 10.5 Å². The Morgan fingerprint density at radius 1 is 1.39 bits per heavy atom. The quantitative estimate of drug-likeness (QED) is 0.845. The number of hydrogen-bond donors (Lipinski definition) is 2. The number of carbonyl (C=O) groups excluding carboxylic acids is 1. The highest BCUT2D eigenvalue weighted by molar-refractivity contribution is 5.94. The summed E-state index contributed by atoms with van der Waals surface area (Å²) in [6.07, 6.45) is 6.21. The van der Waals surface area contributed by atoms with E-state index in [0.717, 1.165) is 32.1 Å². The summed E-state index contributed by atoms with van der Waals surface area (Å²) in [6.45, 7) is 0. The standard InChI is InChI=1S/C12H16N2O4/c15-11(9-6-7-13-18-9)14-10(12(16)17)8-4-2-1-3-5-8/h6-8,10H,1-5H2,(H,14,15)(H,16,17). The number of aliphatic carboxylic acids is 1. The van der Waals surface area contributed by atoms with Crippen molar-refractivity contribution in [3.05, 3.63) is 18.0 Å². The van der Waals surface area contributed by atoms with E-state index in [2.05, 4.69) is 10.5 Å². The van der Waals surface area contributed by atoms with Crippen LogP contribution in [0.25, 0.3) is 0 Å². The molecule has 1 amide bonds. The minimum Gasteiger partial charge on any atom is -0.480 e. The van der Waals surface area contributed by atoms with Crippen molar-refractivity contribution in [2.24, 2.45) is 5.92 Å². The summed E-state index contributed by atoms with van der Waals surface area (Å²) in [6, 6.07) is 0.567. The second-order valence-electron chi connectivity index (χ2n) is 4.56. The molecule has 6 heteroatoms. The Morgan fingerprint density at radius 2 is 2.11 bits per heavy atom. The van der Waals surface area contributed by atoms with Crippen LogP contribution in [0, 0.1) is 5.92 Å². The van der Waals surface area contributed by atoms with Gasteiger partial charge in [0.25, 0.3) is 5.91 Å². The van der Waals surface area contributed by atoms with Crippen LogP contribution in [0.15, 0.2) is 16.8 Å². The topological polar surface area (TPSA) is 92.4 Å². The van der Waals surface area contributed by atoms with Crippen LogP contribution in [0.4, 0.5) is 0 Å². The molecule has 0 aliphatic heterocycles. The molecule has 6 nitrogen and oxygen atoms in total. The van der Waals surface area contributed by atoms with Crippen LogP contribution in [0.5, 0.6) is 0 Å². The molecule has 0 bridgehead atoms. The van der Waals surface area contributed by atoms with Crippen LogP contribution in [0.1, 0.15) is 42.7 Å². The maximum Gasteiger partial charge on any atom is 0.326 e. The van der Waals surface area contributed by atoms with Gasteiger partial charge in [0.15, 0.2) is 0 Å². The molecule has 1 aromatic heterocycles. The molecule has 1 unspecified atom stereocenters. The third kappa shape index (κ3) is 2.88. The van der Waals surface area contributed by atoms with Crippen molar-refractivity contribution in [2.45, 2.75) is 38.1 Å². The molecule has 0 radical (unpaired) electrons. The molecule has 2 N–H and O–H groups in total. The SMILES string of the molecule is O=C(NC(C(=O)O)C1CCCCC1)c1ccno1. The van der Waals surface area contributed by atoms with Crippen molar-refractivity contribution < 1.29 is 19.2 Å². The van der Waals surface area contributed by atoms with Gasteiger partial charge in [0.2, 0.25) is 5.76 Å². The molecule has 1 atom stereocenters. The van der Waals surface area contributed by atoms with E-state index in [9.17, 15) is 14.7 Å². The molecule has 1 heterocycles. The summed E-state index contributed by atoms with van der Waals surface area (Å²) in [5, 5.41) is 15.2. The minimum atomic E-state index is -0.991. The average molecular weight is 252 g/mol. The van der Waals surface area contributed by atoms with Crippen LogP contribution >= 0.6 is 0 Å². The number of hydrogen-bond acceptors (Lipinski definition) is 4. The first-order chi connectivity index (χ1) is 8.68. The van der Waals surface area contributed by atoms with Crippen LogP contribution in [-0.2, 0) is 4.79 Å². The molecule has 98 valence electrons. The number of nitrogens with zero attached hydrogens (tertiary/aromatic N) is 1. The van der Waals surface area contributed by atoms with Crippen LogP contribution in [-0.4, -0.2) is 28.2 Å². The summed E-state index contributed by atoms with van der Waals surface area (Å²) < 4.78 is 4.71. The summed E-state index contributed by atoms with van der Waals surface area (Å²) in [5.74, 6) is -1.47. The molecule has 1 fully saturated rings. The zero-order valence-electron chi connectivity index (χ0n) is 9.96. The van der Waals surface area contributed by atoms with E-state index in [1.54, 1.807) is 0 Å². The highest BCUT2D eigenvalue weighted by Crippen LogP contribution is 2.26. The monoisotopic (exact) mass is 252 g/mol. The lowest BCUT2D eigenvalue weighted by Gasteiger charge is -2.27. The normalized spacial score (nSPS) is 18.2. The molecule has 0 saturated heterocycles. The van der Waals surface area contributed by atoms with E-state index in [-0.39, 0.29) is 11.7 Å². The molecular weight excluding hydrogens is 236 g/mol. The molecule has 18 heavy (non-hydrogen) atoms. The predicted molar refractivity (Wildman–Crippen MR) is 62.0 cm³/mol. The fourth-order valence-corrected chi connectivity index (χ4v) is 2.39. The smallest absolute Gasteiger partial charge is 0.326 e. The first-order valence-electron chi connectivity index (χ1n) is 6.13. The molecule has 1 saturated carbocycles. The Bertz CT molecular complexity index is 410. The van der Waals surface area contributed by atoms with Gasteiger partial charge in [0, 0.05) is 6.07 Å². The third-order valence-corrected chi connectivity index (χ3v) is 3.34. The summed E-state index contributed by atoms with van der Waals surface area (Å²) >= 11 is 0. The Morgan fingerprint density at radius 3 is 2.67 bits per heavy atom. The summed E-state index contributed by atoms with van der Waals surface area (Å²) in [7, 11) is 0. The number of amides is 1. The van der Waals surface area contributed by atoms with Crippen molar-refractivity contribution in [1.29, 1.82) is 0 Å². The van der Waals surface area contributed by atoms with Gasteiger partial charge < -0.3 is 14.9 Å². The lowest BCUT2D eigenvalue weighted by atomic mass is 9.84. The van der Waals surface area contributed by atoms with Crippen molar-refractivity contribution in [3.63, 3.8) is 0 Å². The van der Waals surface area contributed by atoms with Gasteiger partial charge in [-0.25, -0.2) is 4.79 Å². The Kier molecular flexibility index (Phi) is 3.96. The first-order valence-corrected chi connectivity index (χ1v) is 6.13. The maximum absolute atomic E-state index is 11.8. The zero-order chi connectivity index (χ0) is 13.0. The second kappa shape index (κ2) is 5.66. The molecule has 1 aromatic rings. The minimum absolute atomic E-state index is 0.00289. The van der Waals surface area contributed by atoms with Gasteiger partial charge in [-0.3, -0.25) is 4.79 Å². The molecule has 0 spiro atoms. The number of carboxylic acids is 1. The number of nitrogens with one attached hydrogen (secondary N) is 1. The fourth-order valence-electron chi connectivity index (χ4n) is 2.39. The number of carbonyl (C=O) groups is 2. The first kappa shape index (κ1) is 12.6. The maximum atomic E-state index is 11.8. The van der Waals surface area contributed by atoms with E-state index in [0.29, 0.717) is 0 Å². The number of rotatable bonds is 4. The summed E-state index contributed by atoms with van der Waals surface area (Å²) in [4.78, 5) is 23.0. The van der Waals surface area contributed by atoms with E-state index in [1.165, 1.54) is 12.3 Å². The van der Waals surface area contributed by atoms with E-state index >= 15 is 0 Å². The van der Waals surface area contributed by atoms with Gasteiger partial charge in [-0.05, 0) is 18.8 Å². The van der Waals surface area contributed by atoms with Crippen molar-refractivity contribution in [2.75, 3.05) is 0 Å².